The zero-order chi connectivity index (χ0) is 10.1. The first-order valence-electron chi connectivity index (χ1n) is 4.68. The van der Waals surface area contributed by atoms with E-state index in [1.165, 1.54) is 16.7 Å². The Morgan fingerprint density at radius 3 is 2.14 bits per heavy atom. The van der Waals surface area contributed by atoms with Gasteiger partial charge in [-0.15, -0.1) is 0 Å². The van der Waals surface area contributed by atoms with Gasteiger partial charge in [-0.1, -0.05) is 15.9 Å². The van der Waals surface area contributed by atoms with Gasteiger partial charge >= 0.3 is 0 Å². The second-order valence-electron chi connectivity index (χ2n) is 3.53. The van der Waals surface area contributed by atoms with Crippen molar-refractivity contribution in [2.24, 2.45) is 0 Å². The quantitative estimate of drug-likeness (QED) is 0.769. The molecule has 2 rings (SSSR count). The highest BCUT2D eigenvalue weighted by Gasteiger charge is 2.21. The monoisotopic (exact) mass is 256 g/mol. The minimum Gasteiger partial charge on any atom is -0.346 e. The Labute approximate surface area is 92.3 Å². The van der Waals surface area contributed by atoms with Gasteiger partial charge in [-0.25, -0.2) is 0 Å². The molecule has 0 atom stereocenters. The Hall–Kier alpha value is -0.380. The zero-order valence-corrected chi connectivity index (χ0v) is 9.93. The first kappa shape index (κ1) is 10.1. The van der Waals surface area contributed by atoms with Gasteiger partial charge in [-0.05, 0) is 37.1 Å². The lowest BCUT2D eigenvalue weighted by molar-refractivity contribution is -0.0449. The fourth-order valence-electron chi connectivity index (χ4n) is 1.82. The van der Waals surface area contributed by atoms with Gasteiger partial charge < -0.3 is 9.47 Å². The van der Waals surface area contributed by atoms with E-state index >= 15 is 0 Å². The van der Waals surface area contributed by atoms with Crippen LogP contribution in [0.4, 0.5) is 0 Å². The molecule has 0 saturated carbocycles. The first-order chi connectivity index (χ1) is 6.68. The van der Waals surface area contributed by atoms with Crippen molar-refractivity contribution in [3.63, 3.8) is 0 Å². The second-order valence-corrected chi connectivity index (χ2v) is 4.44. The fourth-order valence-corrected chi connectivity index (χ4v) is 2.51. The Bertz CT molecular complexity index is 320. The largest absolute Gasteiger partial charge is 0.346 e. The van der Waals surface area contributed by atoms with Crippen LogP contribution in [0.1, 0.15) is 23.0 Å². The highest BCUT2D eigenvalue weighted by atomic mass is 79.9. The molecule has 76 valence electrons. The number of hydrogen-bond donors (Lipinski definition) is 0. The number of benzene rings is 1. The fraction of sp³-hybridized carbons (Fsp3) is 0.455. The molecule has 0 bridgehead atoms. The van der Waals surface area contributed by atoms with Crippen LogP contribution in [0, 0.1) is 13.8 Å². The van der Waals surface area contributed by atoms with Crippen LogP contribution in [0.25, 0.3) is 0 Å². The molecular formula is C11H13BrO2. The van der Waals surface area contributed by atoms with E-state index < -0.39 is 0 Å². The highest BCUT2D eigenvalue weighted by Crippen LogP contribution is 2.31. The maximum atomic E-state index is 5.50. The molecule has 1 saturated heterocycles. The van der Waals surface area contributed by atoms with Crippen molar-refractivity contribution in [3.8, 4) is 0 Å². The summed E-state index contributed by atoms with van der Waals surface area (Å²) in [5, 5.41) is 0. The Kier molecular flexibility index (Phi) is 2.91. The summed E-state index contributed by atoms with van der Waals surface area (Å²) in [7, 11) is 0. The predicted molar refractivity (Wildman–Crippen MR) is 58.3 cm³/mol. The predicted octanol–water partition coefficient (Wildman–Crippen LogP) is 3.11. The van der Waals surface area contributed by atoms with Crippen LogP contribution in [0.15, 0.2) is 16.6 Å². The van der Waals surface area contributed by atoms with Crippen LogP contribution >= 0.6 is 15.9 Å². The Morgan fingerprint density at radius 2 is 1.64 bits per heavy atom. The lowest BCUT2D eigenvalue weighted by atomic mass is 10.0. The third kappa shape index (κ3) is 1.85. The first-order valence-corrected chi connectivity index (χ1v) is 5.47. The highest BCUT2D eigenvalue weighted by molar-refractivity contribution is 9.10. The lowest BCUT2D eigenvalue weighted by Gasteiger charge is -2.15. The average molecular weight is 257 g/mol. The lowest BCUT2D eigenvalue weighted by Crippen LogP contribution is -2.03. The number of aryl methyl sites for hydroxylation is 2. The zero-order valence-electron chi connectivity index (χ0n) is 8.34. The van der Waals surface area contributed by atoms with Gasteiger partial charge in [0.1, 0.15) is 0 Å². The van der Waals surface area contributed by atoms with Crippen LogP contribution in [-0.4, -0.2) is 13.2 Å². The molecule has 1 fully saturated rings. The number of hydrogen-bond acceptors (Lipinski definition) is 2. The van der Waals surface area contributed by atoms with Crippen LogP contribution in [0.5, 0.6) is 0 Å². The van der Waals surface area contributed by atoms with Gasteiger partial charge in [0.2, 0.25) is 0 Å². The standard InChI is InChI=1S/C11H13BrO2/c1-7-5-9(12)6-8(2)10(7)11-13-3-4-14-11/h5-6,11H,3-4H2,1-2H3. The van der Waals surface area contributed by atoms with Crippen molar-refractivity contribution < 1.29 is 9.47 Å². The molecule has 1 heterocycles. The molecule has 0 N–H and O–H groups in total. The van der Waals surface area contributed by atoms with E-state index in [9.17, 15) is 0 Å². The summed E-state index contributed by atoms with van der Waals surface area (Å²) in [5.74, 6) is 0. The smallest absolute Gasteiger partial charge is 0.184 e. The summed E-state index contributed by atoms with van der Waals surface area (Å²) in [6.45, 7) is 5.55. The third-order valence-corrected chi connectivity index (χ3v) is 2.87. The molecule has 0 radical (unpaired) electrons. The molecule has 0 aliphatic carbocycles. The van der Waals surface area contributed by atoms with Crippen molar-refractivity contribution in [2.75, 3.05) is 13.2 Å². The molecule has 0 spiro atoms. The molecular weight excluding hydrogens is 244 g/mol. The summed E-state index contributed by atoms with van der Waals surface area (Å²) in [5.41, 5.74) is 3.60. The SMILES string of the molecule is Cc1cc(Br)cc(C)c1C1OCCO1. The van der Waals surface area contributed by atoms with Crippen LogP contribution in [0.3, 0.4) is 0 Å². The van der Waals surface area contributed by atoms with Crippen molar-refractivity contribution in [1.29, 1.82) is 0 Å². The van der Waals surface area contributed by atoms with E-state index in [-0.39, 0.29) is 6.29 Å². The molecule has 1 aromatic carbocycles. The van der Waals surface area contributed by atoms with Crippen molar-refractivity contribution in [2.45, 2.75) is 20.1 Å². The molecule has 2 nitrogen and oxygen atoms in total. The Balaban J connectivity index is 2.40. The Morgan fingerprint density at radius 1 is 1.14 bits per heavy atom. The van der Waals surface area contributed by atoms with Crippen LogP contribution < -0.4 is 0 Å². The summed E-state index contributed by atoms with van der Waals surface area (Å²) in [6, 6.07) is 4.18. The van der Waals surface area contributed by atoms with E-state index in [0.29, 0.717) is 13.2 Å². The molecule has 0 aromatic heterocycles. The number of rotatable bonds is 1. The molecule has 1 aliphatic heterocycles. The summed E-state index contributed by atoms with van der Waals surface area (Å²) < 4.78 is 12.1. The van der Waals surface area contributed by atoms with E-state index in [2.05, 4.69) is 41.9 Å². The van der Waals surface area contributed by atoms with Crippen molar-refractivity contribution in [3.05, 3.63) is 33.3 Å². The molecule has 0 amide bonds. The normalized spacial score (nSPS) is 17.6. The summed E-state index contributed by atoms with van der Waals surface area (Å²) in [4.78, 5) is 0. The molecule has 3 heteroatoms. The van der Waals surface area contributed by atoms with Gasteiger partial charge in [0.05, 0.1) is 13.2 Å². The van der Waals surface area contributed by atoms with Crippen molar-refractivity contribution in [1.82, 2.24) is 0 Å². The summed E-state index contributed by atoms with van der Waals surface area (Å²) in [6.07, 6.45) is -0.164. The van der Waals surface area contributed by atoms with Gasteiger partial charge in [-0.2, -0.15) is 0 Å². The summed E-state index contributed by atoms with van der Waals surface area (Å²) >= 11 is 3.47. The maximum Gasteiger partial charge on any atom is 0.184 e. The van der Waals surface area contributed by atoms with E-state index in [0.717, 1.165) is 4.47 Å². The molecule has 0 unspecified atom stereocenters. The number of ether oxygens (including phenoxy) is 2. The van der Waals surface area contributed by atoms with Gasteiger partial charge in [0.15, 0.2) is 6.29 Å². The maximum absolute atomic E-state index is 5.50. The van der Waals surface area contributed by atoms with E-state index in [1.807, 2.05) is 0 Å². The van der Waals surface area contributed by atoms with E-state index in [1.54, 1.807) is 0 Å². The van der Waals surface area contributed by atoms with Crippen LogP contribution in [0.2, 0.25) is 0 Å². The molecule has 1 aliphatic rings. The minimum atomic E-state index is -0.164. The minimum absolute atomic E-state index is 0.164. The average Bonchev–Trinajstić information content (AvgIpc) is 2.54. The van der Waals surface area contributed by atoms with Gasteiger partial charge in [-0.3, -0.25) is 0 Å². The van der Waals surface area contributed by atoms with Gasteiger partial charge in [0.25, 0.3) is 0 Å². The molecule has 14 heavy (non-hydrogen) atoms. The molecule has 1 aromatic rings. The topological polar surface area (TPSA) is 18.5 Å². The van der Waals surface area contributed by atoms with Crippen LogP contribution in [-0.2, 0) is 9.47 Å². The van der Waals surface area contributed by atoms with Gasteiger partial charge in [0, 0.05) is 10.0 Å². The number of halogens is 1. The van der Waals surface area contributed by atoms with Crippen molar-refractivity contribution >= 4 is 15.9 Å². The second kappa shape index (κ2) is 4.01. The van der Waals surface area contributed by atoms with E-state index in [4.69, 9.17) is 9.47 Å². The third-order valence-electron chi connectivity index (χ3n) is 2.42.